The van der Waals surface area contributed by atoms with Crippen LogP contribution < -0.4 is 0 Å². The summed E-state index contributed by atoms with van der Waals surface area (Å²) in [6, 6.07) is 0. The fraction of sp³-hybridized carbons (Fsp3) is 0.917. The van der Waals surface area contributed by atoms with Gasteiger partial charge in [-0.1, -0.05) is 27.7 Å². The second kappa shape index (κ2) is 8.75. The molecule has 0 aliphatic heterocycles. The highest BCUT2D eigenvalue weighted by Crippen LogP contribution is 2.65. The van der Waals surface area contributed by atoms with E-state index in [1.54, 1.807) is 0 Å². The van der Waals surface area contributed by atoms with Crippen LogP contribution in [-0.2, 0) is 19.1 Å². The number of carbonyl (C=O) groups is 2. The van der Waals surface area contributed by atoms with Gasteiger partial charge in [0.25, 0.3) is 0 Å². The minimum absolute atomic E-state index is 0.124. The van der Waals surface area contributed by atoms with Crippen molar-refractivity contribution in [2.45, 2.75) is 105 Å². The van der Waals surface area contributed by atoms with E-state index in [1.165, 1.54) is 38.5 Å². The fourth-order valence-electron chi connectivity index (χ4n) is 6.06. The van der Waals surface area contributed by atoms with Crippen LogP contribution in [0.5, 0.6) is 0 Å². The Hall–Kier alpha value is -1.06. The Morgan fingerprint density at radius 2 is 1.36 bits per heavy atom. The van der Waals surface area contributed by atoms with Crippen molar-refractivity contribution in [2.24, 2.45) is 28.6 Å². The number of hydrogen-bond acceptors (Lipinski definition) is 4. The van der Waals surface area contributed by atoms with Crippen LogP contribution in [0.3, 0.4) is 0 Å². The molecule has 0 aromatic heterocycles. The van der Waals surface area contributed by atoms with E-state index in [2.05, 4.69) is 13.8 Å². The van der Waals surface area contributed by atoms with Gasteiger partial charge < -0.3 is 9.47 Å². The molecular formula is C24H42O4. The van der Waals surface area contributed by atoms with E-state index in [1.807, 2.05) is 34.6 Å². The summed E-state index contributed by atoms with van der Waals surface area (Å²) in [6.07, 6.45) is 9.20. The Balaban J connectivity index is 0.00000136. The molecule has 4 saturated carbocycles. The maximum absolute atomic E-state index is 12.5. The third kappa shape index (κ3) is 4.41. The number of ether oxygens (including phenoxy) is 2. The highest BCUT2D eigenvalue weighted by molar-refractivity contribution is 5.80. The molecule has 0 amide bonds. The van der Waals surface area contributed by atoms with Gasteiger partial charge in [0.2, 0.25) is 0 Å². The second-order valence-electron chi connectivity index (χ2n) is 10.1. The van der Waals surface area contributed by atoms with Gasteiger partial charge in [-0.15, -0.1) is 0 Å². The van der Waals surface area contributed by atoms with Crippen molar-refractivity contribution in [3.63, 3.8) is 0 Å². The van der Waals surface area contributed by atoms with Crippen molar-refractivity contribution in [3.8, 4) is 0 Å². The molecule has 4 aliphatic rings. The standard InChI is InChI=1S/C22H36O4.C2H6/c1-6-20(3,4)19(24)25-14-18(23)26-21(5,7-2)22-11-15-8-16(12-22)10-17(9-15)13-22;1-2/h15-17H,6-14H2,1-5H3;1-2H3. The van der Waals surface area contributed by atoms with Gasteiger partial charge in [0.1, 0.15) is 5.60 Å². The molecule has 4 heteroatoms. The minimum atomic E-state index is -0.561. The van der Waals surface area contributed by atoms with Crippen LogP contribution in [0.15, 0.2) is 0 Å². The fourth-order valence-corrected chi connectivity index (χ4v) is 6.06. The Labute approximate surface area is 172 Å². The summed E-state index contributed by atoms with van der Waals surface area (Å²) < 4.78 is 11.3. The van der Waals surface area contributed by atoms with Crippen LogP contribution in [0.25, 0.3) is 0 Å². The molecule has 0 saturated heterocycles. The largest absolute Gasteiger partial charge is 0.456 e. The molecule has 0 heterocycles. The van der Waals surface area contributed by atoms with Crippen LogP contribution >= 0.6 is 0 Å². The smallest absolute Gasteiger partial charge is 0.344 e. The number of esters is 2. The summed E-state index contributed by atoms with van der Waals surface area (Å²) >= 11 is 0. The molecule has 4 nitrogen and oxygen atoms in total. The molecule has 28 heavy (non-hydrogen) atoms. The zero-order valence-corrected chi connectivity index (χ0v) is 19.2. The molecule has 1 atom stereocenters. The van der Waals surface area contributed by atoms with E-state index >= 15 is 0 Å². The van der Waals surface area contributed by atoms with Crippen molar-refractivity contribution >= 4 is 11.9 Å². The number of carbonyl (C=O) groups excluding carboxylic acids is 2. The first-order chi connectivity index (χ1) is 13.1. The van der Waals surface area contributed by atoms with Gasteiger partial charge in [0.15, 0.2) is 6.61 Å². The van der Waals surface area contributed by atoms with E-state index in [9.17, 15) is 9.59 Å². The molecule has 0 aromatic carbocycles. The molecule has 0 N–H and O–H groups in total. The van der Waals surface area contributed by atoms with Crippen LogP contribution in [0.2, 0.25) is 0 Å². The molecule has 4 rings (SSSR count). The van der Waals surface area contributed by atoms with Crippen molar-refractivity contribution in [1.82, 2.24) is 0 Å². The predicted octanol–water partition coefficient (Wildman–Crippen LogP) is 5.92. The van der Waals surface area contributed by atoms with Crippen molar-refractivity contribution < 1.29 is 19.1 Å². The molecule has 0 aromatic rings. The average Bonchev–Trinajstić information content (AvgIpc) is 2.66. The van der Waals surface area contributed by atoms with Crippen LogP contribution in [0.1, 0.15) is 99.8 Å². The Morgan fingerprint density at radius 3 is 1.75 bits per heavy atom. The van der Waals surface area contributed by atoms with Gasteiger partial charge in [0, 0.05) is 5.41 Å². The van der Waals surface area contributed by atoms with Crippen molar-refractivity contribution in [3.05, 3.63) is 0 Å². The Morgan fingerprint density at radius 1 is 0.893 bits per heavy atom. The lowest BCUT2D eigenvalue weighted by atomic mass is 9.45. The predicted molar refractivity (Wildman–Crippen MR) is 112 cm³/mol. The number of hydrogen-bond donors (Lipinski definition) is 0. The molecular weight excluding hydrogens is 352 g/mol. The molecule has 0 radical (unpaired) electrons. The lowest BCUT2D eigenvalue weighted by Gasteiger charge is -2.62. The second-order valence-corrected chi connectivity index (χ2v) is 10.1. The number of rotatable bonds is 7. The normalized spacial score (nSPS) is 32.8. The zero-order chi connectivity index (χ0) is 21.2. The molecule has 4 aliphatic carbocycles. The van der Waals surface area contributed by atoms with Crippen LogP contribution in [0.4, 0.5) is 0 Å². The first-order valence-corrected chi connectivity index (χ1v) is 11.5. The first-order valence-electron chi connectivity index (χ1n) is 11.5. The van der Waals surface area contributed by atoms with E-state index in [-0.39, 0.29) is 18.0 Å². The molecule has 4 fully saturated rings. The summed E-state index contributed by atoms with van der Waals surface area (Å²) in [7, 11) is 0. The summed E-state index contributed by atoms with van der Waals surface area (Å²) in [6.45, 7) is 13.6. The monoisotopic (exact) mass is 394 g/mol. The van der Waals surface area contributed by atoms with Gasteiger partial charge in [0.05, 0.1) is 5.41 Å². The third-order valence-electron chi connectivity index (χ3n) is 7.93. The van der Waals surface area contributed by atoms with E-state index < -0.39 is 17.0 Å². The van der Waals surface area contributed by atoms with Gasteiger partial charge in [-0.3, -0.25) is 4.79 Å². The highest BCUT2D eigenvalue weighted by atomic mass is 16.6. The lowest BCUT2D eigenvalue weighted by molar-refractivity contribution is -0.209. The molecule has 4 bridgehead atoms. The quantitative estimate of drug-likeness (QED) is 0.503. The third-order valence-corrected chi connectivity index (χ3v) is 7.93. The lowest BCUT2D eigenvalue weighted by Crippen LogP contribution is -2.58. The average molecular weight is 395 g/mol. The van der Waals surface area contributed by atoms with E-state index in [4.69, 9.17) is 9.47 Å². The maximum Gasteiger partial charge on any atom is 0.344 e. The summed E-state index contributed by atoms with van der Waals surface area (Å²) in [5.74, 6) is 1.72. The van der Waals surface area contributed by atoms with Gasteiger partial charge in [-0.2, -0.15) is 0 Å². The summed E-state index contributed by atoms with van der Waals surface area (Å²) in [5, 5.41) is 0. The van der Waals surface area contributed by atoms with Gasteiger partial charge in [-0.25, -0.2) is 4.79 Å². The first kappa shape index (κ1) is 23.2. The minimum Gasteiger partial charge on any atom is -0.456 e. The maximum atomic E-state index is 12.5. The van der Waals surface area contributed by atoms with E-state index in [0.717, 1.165) is 24.2 Å². The summed E-state index contributed by atoms with van der Waals surface area (Å²) in [4.78, 5) is 24.7. The van der Waals surface area contributed by atoms with Gasteiger partial charge in [-0.05, 0) is 89.9 Å². The SMILES string of the molecule is CC.CCC(C)(C)C(=O)OCC(=O)OC(C)(CC)C12CC3CC(CC(C3)C1)C2. The topological polar surface area (TPSA) is 52.6 Å². The zero-order valence-electron chi connectivity index (χ0n) is 19.2. The van der Waals surface area contributed by atoms with Crippen LogP contribution in [0, 0.1) is 28.6 Å². The van der Waals surface area contributed by atoms with Crippen molar-refractivity contribution in [1.29, 1.82) is 0 Å². The molecule has 162 valence electrons. The molecule has 0 spiro atoms. The van der Waals surface area contributed by atoms with E-state index in [0.29, 0.717) is 6.42 Å². The van der Waals surface area contributed by atoms with Gasteiger partial charge >= 0.3 is 11.9 Å². The molecule has 1 unspecified atom stereocenters. The summed E-state index contributed by atoms with van der Waals surface area (Å²) in [5.41, 5.74) is -0.889. The Kier molecular flexibility index (Phi) is 7.26. The van der Waals surface area contributed by atoms with Crippen LogP contribution in [-0.4, -0.2) is 24.1 Å². The highest BCUT2D eigenvalue weighted by Gasteiger charge is 2.59. The van der Waals surface area contributed by atoms with Crippen molar-refractivity contribution in [2.75, 3.05) is 6.61 Å². The Bertz CT molecular complexity index is 530.